The molecule has 0 aliphatic heterocycles. The molecule has 3 N–H and O–H groups in total. The lowest BCUT2D eigenvalue weighted by Gasteiger charge is -2.28. The van der Waals surface area contributed by atoms with E-state index in [1.807, 2.05) is 12.1 Å². The second-order valence-electron chi connectivity index (χ2n) is 5.75. The van der Waals surface area contributed by atoms with Gasteiger partial charge in [0.25, 0.3) is 0 Å². The van der Waals surface area contributed by atoms with Crippen molar-refractivity contribution in [2.24, 2.45) is 11.7 Å². The van der Waals surface area contributed by atoms with Crippen LogP contribution in [0.25, 0.3) is 0 Å². The predicted octanol–water partition coefficient (Wildman–Crippen LogP) is 2.98. The summed E-state index contributed by atoms with van der Waals surface area (Å²) in [7, 11) is 1.72. The Kier molecular flexibility index (Phi) is 4.83. The average molecular weight is 263 g/mol. The molecule has 1 saturated carbocycles. The molecule has 0 aromatic heterocycles. The summed E-state index contributed by atoms with van der Waals surface area (Å²) in [6.45, 7) is 2.30. The van der Waals surface area contributed by atoms with E-state index >= 15 is 0 Å². The minimum Gasteiger partial charge on any atom is -0.496 e. The van der Waals surface area contributed by atoms with Gasteiger partial charge >= 0.3 is 0 Å². The molecule has 19 heavy (non-hydrogen) atoms. The van der Waals surface area contributed by atoms with Gasteiger partial charge in [-0.1, -0.05) is 31.9 Å². The van der Waals surface area contributed by atoms with Gasteiger partial charge in [-0.25, -0.2) is 0 Å². The largest absolute Gasteiger partial charge is 0.496 e. The van der Waals surface area contributed by atoms with E-state index < -0.39 is 0 Å². The van der Waals surface area contributed by atoms with Crippen LogP contribution < -0.4 is 10.5 Å². The van der Waals surface area contributed by atoms with Gasteiger partial charge < -0.3 is 15.6 Å². The minimum absolute atomic E-state index is 0.0204. The van der Waals surface area contributed by atoms with E-state index in [4.69, 9.17) is 10.5 Å². The molecule has 3 heteroatoms. The van der Waals surface area contributed by atoms with Crippen molar-refractivity contribution < 1.29 is 9.84 Å². The van der Waals surface area contributed by atoms with E-state index in [1.165, 1.54) is 31.2 Å². The molecular formula is C16H25NO2. The van der Waals surface area contributed by atoms with Gasteiger partial charge in [-0.05, 0) is 41.9 Å². The zero-order valence-electron chi connectivity index (χ0n) is 11.9. The van der Waals surface area contributed by atoms with Crippen LogP contribution in [0.2, 0.25) is 0 Å². The van der Waals surface area contributed by atoms with Crippen LogP contribution in [-0.4, -0.2) is 18.8 Å². The average Bonchev–Trinajstić information content (AvgIpc) is 2.46. The topological polar surface area (TPSA) is 55.5 Å². The number of benzene rings is 1. The van der Waals surface area contributed by atoms with E-state index in [9.17, 15) is 5.11 Å². The van der Waals surface area contributed by atoms with Gasteiger partial charge in [0.05, 0.1) is 19.8 Å². The maximum absolute atomic E-state index is 9.19. The van der Waals surface area contributed by atoms with Crippen molar-refractivity contribution in [3.8, 4) is 5.75 Å². The number of ether oxygens (including phenoxy) is 1. The Morgan fingerprint density at radius 1 is 1.32 bits per heavy atom. The highest BCUT2D eigenvalue weighted by atomic mass is 16.5. The molecule has 3 nitrogen and oxygen atoms in total. The van der Waals surface area contributed by atoms with Gasteiger partial charge in [0.15, 0.2) is 0 Å². The van der Waals surface area contributed by atoms with E-state index in [1.54, 1.807) is 7.11 Å². The Morgan fingerprint density at radius 3 is 2.58 bits per heavy atom. The van der Waals surface area contributed by atoms with Gasteiger partial charge in [0, 0.05) is 0 Å². The van der Waals surface area contributed by atoms with E-state index in [0.717, 1.165) is 17.2 Å². The lowest BCUT2D eigenvalue weighted by Crippen LogP contribution is -2.16. The lowest BCUT2D eigenvalue weighted by molar-refractivity contribution is 0.267. The Morgan fingerprint density at radius 2 is 2.00 bits per heavy atom. The third-order valence-corrected chi connectivity index (χ3v) is 4.33. The fraction of sp³-hybridized carbons (Fsp3) is 0.625. The number of hydrogen-bond donors (Lipinski definition) is 2. The Bertz CT molecular complexity index is 411. The summed E-state index contributed by atoms with van der Waals surface area (Å²) in [6.07, 6.45) is 5.00. The number of rotatable bonds is 4. The molecule has 1 atom stereocenters. The van der Waals surface area contributed by atoms with Crippen LogP contribution in [0.5, 0.6) is 5.75 Å². The van der Waals surface area contributed by atoms with Gasteiger partial charge in [0.1, 0.15) is 5.75 Å². The van der Waals surface area contributed by atoms with Crippen LogP contribution in [-0.2, 0) is 0 Å². The molecule has 1 aliphatic carbocycles. The number of aliphatic hydroxyl groups excluding tert-OH is 1. The van der Waals surface area contributed by atoms with Crippen molar-refractivity contribution in [2.75, 3.05) is 13.7 Å². The first-order valence-corrected chi connectivity index (χ1v) is 7.20. The highest BCUT2D eigenvalue weighted by molar-refractivity contribution is 5.41. The number of methoxy groups -OCH3 is 1. The smallest absolute Gasteiger partial charge is 0.122 e. The molecule has 0 bridgehead atoms. The molecule has 1 aromatic carbocycles. The van der Waals surface area contributed by atoms with Crippen molar-refractivity contribution in [3.05, 3.63) is 29.3 Å². The molecule has 106 valence electrons. The third-order valence-electron chi connectivity index (χ3n) is 4.33. The Balaban J connectivity index is 2.25. The molecule has 1 unspecified atom stereocenters. The van der Waals surface area contributed by atoms with E-state index in [-0.39, 0.29) is 12.6 Å². The standard InChI is InChI=1S/C16H25NO2/c1-11-3-5-12(6-4-11)14-9-13(15(17)10-18)7-8-16(14)19-2/h7-9,11-12,15,18H,3-6,10,17H2,1-2H3. The molecule has 0 amide bonds. The summed E-state index contributed by atoms with van der Waals surface area (Å²) in [5, 5.41) is 9.19. The maximum Gasteiger partial charge on any atom is 0.122 e. The minimum atomic E-state index is -0.299. The fourth-order valence-electron chi connectivity index (χ4n) is 2.98. The van der Waals surface area contributed by atoms with Gasteiger partial charge in [-0.2, -0.15) is 0 Å². The molecule has 0 saturated heterocycles. The molecule has 1 fully saturated rings. The zero-order valence-corrected chi connectivity index (χ0v) is 11.9. The van der Waals surface area contributed by atoms with E-state index in [2.05, 4.69) is 13.0 Å². The summed E-state index contributed by atoms with van der Waals surface area (Å²) in [5.41, 5.74) is 8.17. The molecule has 0 heterocycles. The van der Waals surface area contributed by atoms with Crippen LogP contribution in [0.15, 0.2) is 18.2 Å². The van der Waals surface area contributed by atoms with Crippen molar-refractivity contribution in [3.63, 3.8) is 0 Å². The third kappa shape index (κ3) is 3.28. The summed E-state index contributed by atoms with van der Waals surface area (Å²) >= 11 is 0. The molecular weight excluding hydrogens is 238 g/mol. The normalized spacial score (nSPS) is 25.1. The number of hydrogen-bond acceptors (Lipinski definition) is 3. The highest BCUT2D eigenvalue weighted by Gasteiger charge is 2.23. The van der Waals surface area contributed by atoms with Crippen LogP contribution in [0.4, 0.5) is 0 Å². The maximum atomic E-state index is 9.19. The number of nitrogens with two attached hydrogens (primary N) is 1. The molecule has 1 aliphatic rings. The van der Waals surface area contributed by atoms with Crippen molar-refractivity contribution in [2.45, 2.75) is 44.6 Å². The Hall–Kier alpha value is -1.06. The molecule has 0 spiro atoms. The monoisotopic (exact) mass is 263 g/mol. The van der Waals surface area contributed by atoms with Gasteiger partial charge in [-0.15, -0.1) is 0 Å². The van der Waals surface area contributed by atoms with Crippen LogP contribution in [0.1, 0.15) is 55.7 Å². The first-order chi connectivity index (χ1) is 9.15. The number of aliphatic hydroxyl groups is 1. The fourth-order valence-corrected chi connectivity index (χ4v) is 2.98. The summed E-state index contributed by atoms with van der Waals surface area (Å²) in [6, 6.07) is 5.76. The van der Waals surface area contributed by atoms with Crippen LogP contribution in [0, 0.1) is 5.92 Å². The van der Waals surface area contributed by atoms with Gasteiger partial charge in [0.2, 0.25) is 0 Å². The second-order valence-corrected chi connectivity index (χ2v) is 5.75. The Labute approximate surface area is 115 Å². The van der Waals surface area contributed by atoms with E-state index in [0.29, 0.717) is 5.92 Å². The molecule has 1 aromatic rings. The summed E-state index contributed by atoms with van der Waals surface area (Å²) in [5.74, 6) is 2.36. The first-order valence-electron chi connectivity index (χ1n) is 7.20. The lowest BCUT2D eigenvalue weighted by atomic mass is 9.78. The second kappa shape index (κ2) is 6.40. The summed E-state index contributed by atoms with van der Waals surface area (Å²) in [4.78, 5) is 0. The predicted molar refractivity (Wildman–Crippen MR) is 77.4 cm³/mol. The highest BCUT2D eigenvalue weighted by Crippen LogP contribution is 2.40. The van der Waals surface area contributed by atoms with Crippen molar-refractivity contribution >= 4 is 0 Å². The molecule has 0 radical (unpaired) electrons. The van der Waals surface area contributed by atoms with Crippen LogP contribution >= 0.6 is 0 Å². The van der Waals surface area contributed by atoms with Crippen molar-refractivity contribution in [1.82, 2.24) is 0 Å². The quantitative estimate of drug-likeness (QED) is 0.878. The SMILES string of the molecule is COc1ccc(C(N)CO)cc1C1CCC(C)CC1. The van der Waals surface area contributed by atoms with Crippen LogP contribution in [0.3, 0.4) is 0 Å². The zero-order chi connectivity index (χ0) is 13.8. The first kappa shape index (κ1) is 14.4. The molecule has 2 rings (SSSR count). The van der Waals surface area contributed by atoms with Gasteiger partial charge in [-0.3, -0.25) is 0 Å². The summed E-state index contributed by atoms with van der Waals surface area (Å²) < 4.78 is 5.49. The van der Waals surface area contributed by atoms with Crippen molar-refractivity contribution in [1.29, 1.82) is 0 Å².